The van der Waals surface area contributed by atoms with Crippen molar-refractivity contribution in [3.05, 3.63) is 11.8 Å². The molecule has 1 aromatic heterocycles. The Morgan fingerprint density at radius 1 is 1.37 bits per heavy atom. The number of nitrogens with zero attached hydrogens (tertiary/aromatic N) is 1. The average molecular weight is 299 g/mol. The number of aryl methyl sites for hydroxylation is 1. The maximum Gasteiger partial charge on any atom is 0.319 e. The van der Waals surface area contributed by atoms with Gasteiger partial charge in [0.1, 0.15) is 5.03 Å². The number of amides is 2. The molecular weight excluding hydrogens is 278 g/mol. The Bertz CT molecular complexity index is 425. The second-order valence-electron chi connectivity index (χ2n) is 4.58. The Kier molecular flexibility index (Phi) is 6.51. The molecule has 1 rings (SSSR count). The highest BCUT2D eigenvalue weighted by Crippen LogP contribution is 2.33. The summed E-state index contributed by atoms with van der Waals surface area (Å²) >= 11 is 3.15. The summed E-state index contributed by atoms with van der Waals surface area (Å²) in [5.41, 5.74) is 1.76. The summed E-state index contributed by atoms with van der Waals surface area (Å²) in [6, 6.07) is 1.81. The maximum absolute atomic E-state index is 11.9. The summed E-state index contributed by atoms with van der Waals surface area (Å²) in [6.45, 7) is 6.75. The predicted octanol–water partition coefficient (Wildman–Crippen LogP) is 3.61. The van der Waals surface area contributed by atoms with Crippen LogP contribution in [0.25, 0.3) is 0 Å². The van der Waals surface area contributed by atoms with Crippen LogP contribution >= 0.6 is 23.5 Å². The second kappa shape index (κ2) is 7.65. The molecule has 0 fully saturated rings. The van der Waals surface area contributed by atoms with Crippen molar-refractivity contribution < 1.29 is 4.79 Å². The van der Waals surface area contributed by atoms with Gasteiger partial charge in [0, 0.05) is 17.1 Å². The van der Waals surface area contributed by atoms with Gasteiger partial charge in [-0.15, -0.1) is 23.5 Å². The fourth-order valence-electron chi connectivity index (χ4n) is 1.49. The first kappa shape index (κ1) is 16.2. The van der Waals surface area contributed by atoms with Crippen molar-refractivity contribution in [1.82, 2.24) is 10.3 Å². The molecule has 0 atom stereocenters. The maximum atomic E-state index is 11.9. The molecule has 106 valence electrons. The van der Waals surface area contributed by atoms with Gasteiger partial charge in [-0.05, 0) is 31.4 Å². The SMILES string of the molecule is CSc1cc(C)nc(SC)c1NC(=O)NCC(C)C. The van der Waals surface area contributed by atoms with Crippen molar-refractivity contribution in [3.8, 4) is 0 Å². The molecule has 0 aliphatic rings. The number of carbonyl (C=O) groups excluding carboxylic acids is 1. The van der Waals surface area contributed by atoms with Crippen LogP contribution in [0.5, 0.6) is 0 Å². The Morgan fingerprint density at radius 2 is 2.05 bits per heavy atom. The Hall–Kier alpha value is -0.880. The largest absolute Gasteiger partial charge is 0.338 e. The molecule has 0 bridgehead atoms. The summed E-state index contributed by atoms with van der Waals surface area (Å²) in [5.74, 6) is 0.432. The van der Waals surface area contributed by atoms with Gasteiger partial charge >= 0.3 is 6.03 Å². The van der Waals surface area contributed by atoms with Gasteiger partial charge in [-0.2, -0.15) is 0 Å². The lowest BCUT2D eigenvalue weighted by atomic mass is 10.2. The van der Waals surface area contributed by atoms with Gasteiger partial charge in [-0.25, -0.2) is 9.78 Å². The van der Waals surface area contributed by atoms with Crippen LogP contribution in [0.2, 0.25) is 0 Å². The fraction of sp³-hybridized carbons (Fsp3) is 0.538. The Morgan fingerprint density at radius 3 is 2.58 bits per heavy atom. The zero-order chi connectivity index (χ0) is 14.4. The van der Waals surface area contributed by atoms with Crippen molar-refractivity contribution in [3.63, 3.8) is 0 Å². The van der Waals surface area contributed by atoms with Gasteiger partial charge in [-0.3, -0.25) is 0 Å². The summed E-state index contributed by atoms with van der Waals surface area (Å²) in [5, 5.41) is 6.61. The van der Waals surface area contributed by atoms with Crippen molar-refractivity contribution in [2.24, 2.45) is 5.92 Å². The number of aromatic nitrogens is 1. The van der Waals surface area contributed by atoms with Crippen molar-refractivity contribution in [1.29, 1.82) is 0 Å². The van der Waals surface area contributed by atoms with Gasteiger partial charge in [-0.1, -0.05) is 13.8 Å². The minimum absolute atomic E-state index is 0.176. The van der Waals surface area contributed by atoms with Crippen LogP contribution in [0.3, 0.4) is 0 Å². The lowest BCUT2D eigenvalue weighted by Gasteiger charge is -2.15. The Labute approximate surface area is 123 Å². The molecule has 6 heteroatoms. The van der Waals surface area contributed by atoms with E-state index in [1.807, 2.05) is 25.5 Å². The highest BCUT2D eigenvalue weighted by atomic mass is 32.2. The van der Waals surface area contributed by atoms with Gasteiger partial charge in [0.25, 0.3) is 0 Å². The van der Waals surface area contributed by atoms with E-state index < -0.39 is 0 Å². The molecule has 1 aromatic rings. The van der Waals surface area contributed by atoms with E-state index in [4.69, 9.17) is 0 Å². The van der Waals surface area contributed by atoms with Crippen LogP contribution in [0.1, 0.15) is 19.5 Å². The standard InChI is InChI=1S/C13H21N3OS2/c1-8(2)7-14-13(17)16-11-10(18-4)6-9(3)15-12(11)19-5/h6,8H,7H2,1-5H3,(H2,14,16,17). The van der Waals surface area contributed by atoms with E-state index in [2.05, 4.69) is 29.5 Å². The fourth-order valence-corrected chi connectivity index (χ4v) is 2.80. The highest BCUT2D eigenvalue weighted by Gasteiger charge is 2.13. The number of rotatable bonds is 5. The number of thioether (sulfide) groups is 2. The topological polar surface area (TPSA) is 54.0 Å². The van der Waals surface area contributed by atoms with Crippen molar-refractivity contribution >= 4 is 35.2 Å². The molecule has 0 radical (unpaired) electrons. The quantitative estimate of drug-likeness (QED) is 0.816. The molecule has 0 aromatic carbocycles. The van der Waals surface area contributed by atoms with Crippen LogP contribution in [-0.4, -0.2) is 30.1 Å². The number of carbonyl (C=O) groups is 1. The average Bonchev–Trinajstić information content (AvgIpc) is 2.37. The van der Waals surface area contributed by atoms with Crippen LogP contribution in [0.4, 0.5) is 10.5 Å². The minimum Gasteiger partial charge on any atom is -0.338 e. The van der Waals surface area contributed by atoms with Gasteiger partial charge in [0.2, 0.25) is 0 Å². The molecule has 0 saturated carbocycles. The van der Waals surface area contributed by atoms with Gasteiger partial charge in [0.05, 0.1) is 5.69 Å². The van der Waals surface area contributed by atoms with Crippen molar-refractivity contribution in [2.45, 2.75) is 30.7 Å². The van der Waals surface area contributed by atoms with Crippen LogP contribution in [0, 0.1) is 12.8 Å². The third-order valence-electron chi connectivity index (χ3n) is 2.40. The monoisotopic (exact) mass is 299 g/mol. The molecule has 0 unspecified atom stereocenters. The first-order valence-electron chi connectivity index (χ1n) is 6.12. The number of hydrogen-bond acceptors (Lipinski definition) is 4. The van der Waals surface area contributed by atoms with Crippen LogP contribution in [0.15, 0.2) is 16.0 Å². The minimum atomic E-state index is -0.176. The number of anilines is 1. The number of pyridine rings is 1. The lowest BCUT2D eigenvalue weighted by Crippen LogP contribution is -2.32. The normalized spacial score (nSPS) is 10.6. The first-order valence-corrected chi connectivity index (χ1v) is 8.57. The Balaban J connectivity index is 2.89. The molecule has 19 heavy (non-hydrogen) atoms. The van der Waals surface area contributed by atoms with E-state index in [1.54, 1.807) is 11.8 Å². The predicted molar refractivity (Wildman–Crippen MR) is 84.4 cm³/mol. The van der Waals surface area contributed by atoms with Crippen molar-refractivity contribution in [2.75, 3.05) is 24.4 Å². The number of nitrogens with one attached hydrogen (secondary N) is 2. The highest BCUT2D eigenvalue weighted by molar-refractivity contribution is 7.99. The van der Waals surface area contributed by atoms with E-state index in [0.29, 0.717) is 12.5 Å². The van der Waals surface area contributed by atoms with Crippen LogP contribution < -0.4 is 10.6 Å². The van der Waals surface area contributed by atoms with Gasteiger partial charge < -0.3 is 10.6 Å². The molecule has 1 heterocycles. The molecule has 0 saturated heterocycles. The zero-order valence-electron chi connectivity index (χ0n) is 12.0. The van der Waals surface area contributed by atoms with E-state index in [-0.39, 0.29) is 6.03 Å². The van der Waals surface area contributed by atoms with Crippen LogP contribution in [-0.2, 0) is 0 Å². The molecule has 0 aliphatic heterocycles. The summed E-state index contributed by atoms with van der Waals surface area (Å²) in [7, 11) is 0. The van der Waals surface area contributed by atoms with E-state index in [0.717, 1.165) is 21.3 Å². The number of urea groups is 1. The lowest BCUT2D eigenvalue weighted by molar-refractivity contribution is 0.250. The summed E-state index contributed by atoms with van der Waals surface area (Å²) < 4.78 is 0. The molecular formula is C13H21N3OS2. The summed E-state index contributed by atoms with van der Waals surface area (Å²) in [4.78, 5) is 17.4. The third-order valence-corrected chi connectivity index (χ3v) is 3.84. The first-order chi connectivity index (χ1) is 8.97. The van der Waals surface area contributed by atoms with E-state index in [9.17, 15) is 4.79 Å². The smallest absolute Gasteiger partial charge is 0.319 e. The molecule has 2 N–H and O–H groups in total. The van der Waals surface area contributed by atoms with E-state index >= 15 is 0 Å². The zero-order valence-corrected chi connectivity index (χ0v) is 13.7. The number of hydrogen-bond donors (Lipinski definition) is 2. The summed E-state index contributed by atoms with van der Waals surface area (Å²) in [6.07, 6.45) is 3.96. The molecule has 0 spiro atoms. The third kappa shape index (κ3) is 4.95. The van der Waals surface area contributed by atoms with E-state index in [1.165, 1.54) is 11.8 Å². The second-order valence-corrected chi connectivity index (χ2v) is 6.22. The van der Waals surface area contributed by atoms with Gasteiger partial charge in [0.15, 0.2) is 0 Å². The molecule has 4 nitrogen and oxygen atoms in total. The molecule has 0 aliphatic carbocycles. The molecule has 2 amide bonds.